The van der Waals surface area contributed by atoms with E-state index in [2.05, 4.69) is 5.32 Å². The van der Waals surface area contributed by atoms with Crippen LogP contribution in [-0.2, 0) is 9.84 Å². The van der Waals surface area contributed by atoms with E-state index >= 15 is 0 Å². The fourth-order valence-corrected chi connectivity index (χ4v) is 3.78. The first-order chi connectivity index (χ1) is 8.04. The summed E-state index contributed by atoms with van der Waals surface area (Å²) in [5, 5.41) is 12.3. The van der Waals surface area contributed by atoms with E-state index in [4.69, 9.17) is 5.11 Å². The van der Waals surface area contributed by atoms with Crippen molar-refractivity contribution in [1.82, 2.24) is 5.32 Å². The van der Waals surface area contributed by atoms with Crippen molar-refractivity contribution in [3.05, 3.63) is 29.8 Å². The second-order valence-corrected chi connectivity index (χ2v) is 6.53. The van der Waals surface area contributed by atoms with Gasteiger partial charge in [-0.3, -0.25) is 0 Å². The molecule has 1 unspecified atom stereocenters. The van der Waals surface area contributed by atoms with Crippen molar-refractivity contribution >= 4 is 9.84 Å². The number of aliphatic hydroxyl groups is 1. The molecule has 0 aliphatic carbocycles. The molecule has 1 aromatic rings. The monoisotopic (exact) mass is 255 g/mol. The third-order valence-corrected chi connectivity index (χ3v) is 4.88. The second kappa shape index (κ2) is 4.76. The highest BCUT2D eigenvalue weighted by Gasteiger charge is 2.30. The molecule has 1 aliphatic heterocycles. The molecular weight excluding hydrogens is 238 g/mol. The number of benzene rings is 1. The summed E-state index contributed by atoms with van der Waals surface area (Å²) >= 11 is 0. The molecule has 1 aliphatic rings. The van der Waals surface area contributed by atoms with Crippen LogP contribution in [0.5, 0.6) is 0 Å². The number of sulfone groups is 1. The summed E-state index contributed by atoms with van der Waals surface area (Å²) < 4.78 is 23.8. The van der Waals surface area contributed by atoms with Gasteiger partial charge in [0.05, 0.1) is 17.3 Å². The summed E-state index contributed by atoms with van der Waals surface area (Å²) in [5.74, 6) is 0.166. The van der Waals surface area contributed by atoms with Crippen molar-refractivity contribution in [1.29, 1.82) is 0 Å². The average Bonchev–Trinajstić information content (AvgIpc) is 2.33. The zero-order chi connectivity index (χ0) is 12.5. The van der Waals surface area contributed by atoms with Crippen LogP contribution in [0, 0.1) is 0 Å². The maximum Gasteiger partial charge on any atom is 0.178 e. The van der Waals surface area contributed by atoms with E-state index in [1.165, 1.54) is 0 Å². The Bertz CT molecular complexity index is 498. The molecule has 0 bridgehead atoms. The molecule has 0 radical (unpaired) electrons. The van der Waals surface area contributed by atoms with Crippen LogP contribution in [0.25, 0.3) is 0 Å². The van der Waals surface area contributed by atoms with Crippen molar-refractivity contribution in [2.75, 3.05) is 12.4 Å². The Morgan fingerprint density at radius 2 is 2.18 bits per heavy atom. The van der Waals surface area contributed by atoms with E-state index in [0.29, 0.717) is 11.3 Å². The average molecular weight is 255 g/mol. The molecule has 2 rings (SSSR count). The van der Waals surface area contributed by atoms with E-state index in [-0.39, 0.29) is 24.4 Å². The van der Waals surface area contributed by atoms with Crippen LogP contribution in [-0.4, -0.2) is 31.9 Å². The first-order valence-corrected chi connectivity index (χ1v) is 7.38. The maximum absolute atomic E-state index is 11.9. The third kappa shape index (κ3) is 2.51. The minimum Gasteiger partial charge on any atom is -0.395 e. The highest BCUT2D eigenvalue weighted by Crippen LogP contribution is 2.31. The van der Waals surface area contributed by atoms with Gasteiger partial charge in [0.15, 0.2) is 9.84 Å². The van der Waals surface area contributed by atoms with E-state index in [0.717, 1.165) is 5.56 Å². The fraction of sp³-hybridized carbons (Fsp3) is 0.500. The molecule has 0 amide bonds. The number of hydrogen-bond acceptors (Lipinski definition) is 4. The molecule has 17 heavy (non-hydrogen) atoms. The standard InChI is InChI=1S/C12H17NO3S/c1-9(8-14)13-11-6-7-17(15,16)12-5-3-2-4-10(11)12/h2-5,9,11,13-14H,6-8H2,1H3/t9-,11?/m1/s1. The lowest BCUT2D eigenvalue weighted by atomic mass is 10.0. The van der Waals surface area contributed by atoms with E-state index < -0.39 is 9.84 Å². The van der Waals surface area contributed by atoms with Crippen LogP contribution in [0.2, 0.25) is 0 Å². The normalized spacial score (nSPS) is 24.0. The van der Waals surface area contributed by atoms with Crippen molar-refractivity contribution in [3.63, 3.8) is 0 Å². The van der Waals surface area contributed by atoms with Crippen LogP contribution < -0.4 is 5.32 Å². The van der Waals surface area contributed by atoms with Gasteiger partial charge in [-0.2, -0.15) is 0 Å². The predicted octanol–water partition coefficient (Wildman–Crippen LogP) is 0.876. The predicted molar refractivity (Wildman–Crippen MR) is 65.5 cm³/mol. The van der Waals surface area contributed by atoms with Gasteiger partial charge in [0.1, 0.15) is 0 Å². The molecule has 4 nitrogen and oxygen atoms in total. The van der Waals surface area contributed by atoms with Gasteiger partial charge in [0, 0.05) is 12.1 Å². The van der Waals surface area contributed by atoms with Crippen molar-refractivity contribution in [2.24, 2.45) is 0 Å². The van der Waals surface area contributed by atoms with Crippen molar-refractivity contribution in [3.8, 4) is 0 Å². The van der Waals surface area contributed by atoms with Crippen molar-refractivity contribution < 1.29 is 13.5 Å². The summed E-state index contributed by atoms with van der Waals surface area (Å²) in [6.07, 6.45) is 0.559. The summed E-state index contributed by atoms with van der Waals surface area (Å²) in [4.78, 5) is 0.425. The molecule has 2 atom stereocenters. The van der Waals surface area contributed by atoms with Gasteiger partial charge in [-0.05, 0) is 25.0 Å². The third-order valence-electron chi connectivity index (χ3n) is 3.06. The number of rotatable bonds is 3. The molecule has 2 N–H and O–H groups in total. The Labute approximate surface area is 102 Å². The number of aliphatic hydroxyl groups excluding tert-OH is 1. The van der Waals surface area contributed by atoms with Gasteiger partial charge in [0.25, 0.3) is 0 Å². The van der Waals surface area contributed by atoms with Crippen LogP contribution in [0.15, 0.2) is 29.2 Å². The molecule has 1 aromatic carbocycles. The lowest BCUT2D eigenvalue weighted by Crippen LogP contribution is -2.37. The van der Waals surface area contributed by atoms with Crippen LogP contribution in [0.3, 0.4) is 0 Å². The molecule has 0 saturated heterocycles. The van der Waals surface area contributed by atoms with Gasteiger partial charge >= 0.3 is 0 Å². The molecule has 0 spiro atoms. The number of fused-ring (bicyclic) bond motifs is 1. The quantitative estimate of drug-likeness (QED) is 0.841. The lowest BCUT2D eigenvalue weighted by Gasteiger charge is -2.28. The van der Waals surface area contributed by atoms with Crippen molar-refractivity contribution in [2.45, 2.75) is 30.3 Å². The molecule has 1 heterocycles. The maximum atomic E-state index is 11.9. The van der Waals surface area contributed by atoms with Crippen LogP contribution in [0.4, 0.5) is 0 Å². The Kier molecular flexibility index (Phi) is 3.51. The first kappa shape index (κ1) is 12.5. The SMILES string of the molecule is C[C@H](CO)NC1CCS(=O)(=O)c2ccccc21. The minimum absolute atomic E-state index is 0.0110. The molecule has 5 heteroatoms. The lowest BCUT2D eigenvalue weighted by molar-refractivity contribution is 0.238. The Morgan fingerprint density at radius 3 is 2.88 bits per heavy atom. The fourth-order valence-electron chi connectivity index (χ4n) is 2.16. The highest BCUT2D eigenvalue weighted by molar-refractivity contribution is 7.91. The molecular formula is C12H17NO3S. The van der Waals surface area contributed by atoms with E-state index in [1.807, 2.05) is 19.1 Å². The smallest absolute Gasteiger partial charge is 0.178 e. The Hall–Kier alpha value is -0.910. The molecule has 94 valence electrons. The summed E-state index contributed by atoms with van der Waals surface area (Å²) in [6, 6.07) is 7.06. The van der Waals surface area contributed by atoms with Gasteiger partial charge in [-0.15, -0.1) is 0 Å². The zero-order valence-electron chi connectivity index (χ0n) is 9.76. The number of hydrogen-bond donors (Lipinski definition) is 2. The summed E-state index contributed by atoms with van der Waals surface area (Å²) in [5.41, 5.74) is 0.819. The van der Waals surface area contributed by atoms with Gasteiger partial charge in [-0.1, -0.05) is 18.2 Å². The Morgan fingerprint density at radius 1 is 1.47 bits per heavy atom. The first-order valence-electron chi connectivity index (χ1n) is 5.73. The van der Waals surface area contributed by atoms with Crippen LogP contribution in [0.1, 0.15) is 24.9 Å². The molecule has 0 saturated carbocycles. The second-order valence-electron chi connectivity index (χ2n) is 4.45. The van der Waals surface area contributed by atoms with Crippen LogP contribution >= 0.6 is 0 Å². The largest absolute Gasteiger partial charge is 0.395 e. The number of nitrogens with one attached hydrogen (secondary N) is 1. The summed E-state index contributed by atoms with van der Waals surface area (Å²) in [7, 11) is -3.12. The van der Waals surface area contributed by atoms with Gasteiger partial charge in [-0.25, -0.2) is 8.42 Å². The molecule has 0 fully saturated rings. The van der Waals surface area contributed by atoms with E-state index in [9.17, 15) is 8.42 Å². The van der Waals surface area contributed by atoms with E-state index in [1.54, 1.807) is 12.1 Å². The van der Waals surface area contributed by atoms with Gasteiger partial charge < -0.3 is 10.4 Å². The molecule has 0 aromatic heterocycles. The van der Waals surface area contributed by atoms with Gasteiger partial charge in [0.2, 0.25) is 0 Å². The Balaban J connectivity index is 2.35. The topological polar surface area (TPSA) is 66.4 Å². The zero-order valence-corrected chi connectivity index (χ0v) is 10.6. The summed E-state index contributed by atoms with van der Waals surface area (Å²) in [6.45, 7) is 1.93. The highest BCUT2D eigenvalue weighted by atomic mass is 32.2. The minimum atomic E-state index is -3.12.